The van der Waals surface area contributed by atoms with Crippen molar-refractivity contribution in [3.63, 3.8) is 0 Å². The Kier molecular flexibility index (Phi) is 5.40. The van der Waals surface area contributed by atoms with Gasteiger partial charge in [0.05, 0.1) is 0 Å². The highest BCUT2D eigenvalue weighted by Gasteiger charge is 2.11. The first-order valence-electron chi connectivity index (χ1n) is 5.16. The van der Waals surface area contributed by atoms with E-state index in [4.69, 9.17) is 22.4 Å². The summed E-state index contributed by atoms with van der Waals surface area (Å²) in [4.78, 5) is 25.2. The summed E-state index contributed by atoms with van der Waals surface area (Å²) in [6.07, 6.45) is 3.54. The fourth-order valence-corrected chi connectivity index (χ4v) is 1.25. The number of nitrogens with zero attached hydrogens (tertiary/aromatic N) is 1. The number of nitrogens with two attached hydrogens (primary N) is 1. The summed E-state index contributed by atoms with van der Waals surface area (Å²) in [6, 6.07) is 0.151. The molecule has 0 spiro atoms. The van der Waals surface area contributed by atoms with E-state index in [1.54, 1.807) is 0 Å². The number of nitrogens with one attached hydrogen (secondary N) is 1. The van der Waals surface area contributed by atoms with Crippen LogP contribution in [0.2, 0.25) is 5.15 Å². The quantitative estimate of drug-likeness (QED) is 0.537. The molecule has 0 saturated carbocycles. The van der Waals surface area contributed by atoms with Crippen LogP contribution in [0.15, 0.2) is 18.3 Å². The van der Waals surface area contributed by atoms with E-state index in [1.807, 2.05) is 0 Å². The van der Waals surface area contributed by atoms with Crippen molar-refractivity contribution in [2.75, 3.05) is 6.54 Å². The molecule has 0 radical (unpaired) electrons. The zero-order valence-corrected chi connectivity index (χ0v) is 10.4. The molecule has 6 nitrogen and oxygen atoms in total. The van der Waals surface area contributed by atoms with Gasteiger partial charge in [-0.1, -0.05) is 11.6 Å². The summed E-state index contributed by atoms with van der Waals surface area (Å²) in [5.41, 5.74) is 5.29. The highest BCUT2D eigenvalue weighted by atomic mass is 35.5. The Morgan fingerprint density at radius 2 is 2.32 bits per heavy atom. The van der Waals surface area contributed by atoms with Gasteiger partial charge in [0.15, 0.2) is 11.0 Å². The monoisotopic (exact) mass is 287 g/mol. The average Bonchev–Trinajstić information content (AvgIpc) is 2.37. The number of hydrogen-bond acceptors (Lipinski definition) is 4. The lowest BCUT2D eigenvalue weighted by Gasteiger charge is -2.06. The Morgan fingerprint density at radius 3 is 2.95 bits per heavy atom. The predicted octanol–water partition coefficient (Wildman–Crippen LogP) is 0.415. The average molecular weight is 288 g/mol. The maximum absolute atomic E-state index is 13.4. The van der Waals surface area contributed by atoms with Crippen LogP contribution < -0.4 is 11.1 Å². The van der Waals surface area contributed by atoms with E-state index in [2.05, 4.69) is 10.3 Å². The number of carboxylic acids is 1. The number of carbonyl (C=O) groups is 2. The molecule has 0 aromatic carbocycles. The minimum atomic E-state index is -1.23. The second-order valence-corrected chi connectivity index (χ2v) is 3.89. The van der Waals surface area contributed by atoms with Crippen LogP contribution in [0, 0.1) is 5.82 Å². The van der Waals surface area contributed by atoms with Crippen LogP contribution >= 0.6 is 11.6 Å². The fraction of sp³-hybridized carbons (Fsp3) is 0.182. The van der Waals surface area contributed by atoms with Crippen LogP contribution in [0.1, 0.15) is 5.56 Å². The maximum atomic E-state index is 13.4. The van der Waals surface area contributed by atoms with Gasteiger partial charge in [0.2, 0.25) is 5.91 Å². The molecule has 0 aliphatic heterocycles. The number of aromatic nitrogens is 1. The molecule has 0 bridgehead atoms. The number of amides is 1. The standard InChI is InChI=1S/C11H11ClFN3O3/c12-10-9(13)6(3-4-15-10)1-2-8(17)16-5-7(14)11(18)19/h1-4,7H,5,14H2,(H,16,17)(H,18,19)/b2-1+/t7-/m0/s1. The van der Waals surface area contributed by atoms with E-state index in [1.165, 1.54) is 18.3 Å². The van der Waals surface area contributed by atoms with Crippen LogP contribution in [0.25, 0.3) is 6.08 Å². The number of hydrogen-bond donors (Lipinski definition) is 3. The molecule has 0 fully saturated rings. The van der Waals surface area contributed by atoms with Crippen molar-refractivity contribution < 1.29 is 19.1 Å². The van der Waals surface area contributed by atoms with Crippen molar-refractivity contribution in [2.24, 2.45) is 5.73 Å². The first kappa shape index (κ1) is 15.1. The number of carboxylic acid groups (broad SMARTS) is 1. The first-order chi connectivity index (χ1) is 8.91. The zero-order valence-electron chi connectivity index (χ0n) is 9.64. The Bertz CT molecular complexity index is 522. The molecule has 1 atom stereocenters. The summed E-state index contributed by atoms with van der Waals surface area (Å²) >= 11 is 5.46. The second kappa shape index (κ2) is 6.81. The molecule has 0 saturated heterocycles. The van der Waals surface area contributed by atoms with E-state index in [9.17, 15) is 14.0 Å². The SMILES string of the molecule is N[C@@H](CNC(=O)/C=C/c1ccnc(Cl)c1F)C(=O)O. The van der Waals surface area contributed by atoms with Crippen molar-refractivity contribution in [1.82, 2.24) is 10.3 Å². The molecule has 0 aliphatic carbocycles. The largest absolute Gasteiger partial charge is 0.480 e. The van der Waals surface area contributed by atoms with Crippen molar-refractivity contribution in [1.29, 1.82) is 0 Å². The number of pyridine rings is 1. The maximum Gasteiger partial charge on any atom is 0.322 e. The van der Waals surface area contributed by atoms with Crippen LogP contribution in [-0.2, 0) is 9.59 Å². The van der Waals surface area contributed by atoms with Gasteiger partial charge in [0, 0.05) is 24.4 Å². The molecule has 8 heteroatoms. The molecule has 0 aliphatic rings. The Hall–Kier alpha value is -1.99. The number of rotatable bonds is 5. The van der Waals surface area contributed by atoms with Gasteiger partial charge in [-0.15, -0.1) is 0 Å². The van der Waals surface area contributed by atoms with Crippen molar-refractivity contribution >= 4 is 29.6 Å². The topological polar surface area (TPSA) is 105 Å². The molecule has 1 rings (SSSR count). The van der Waals surface area contributed by atoms with E-state index >= 15 is 0 Å². The van der Waals surface area contributed by atoms with Gasteiger partial charge in [0.1, 0.15) is 6.04 Å². The van der Waals surface area contributed by atoms with Crippen LogP contribution in [0.4, 0.5) is 4.39 Å². The molecule has 19 heavy (non-hydrogen) atoms. The summed E-state index contributed by atoms with van der Waals surface area (Å²) in [7, 11) is 0. The molecular weight excluding hydrogens is 277 g/mol. The normalized spacial score (nSPS) is 12.4. The minimum absolute atomic E-state index is 0.0951. The van der Waals surface area contributed by atoms with Crippen molar-refractivity contribution in [2.45, 2.75) is 6.04 Å². The lowest BCUT2D eigenvalue weighted by molar-refractivity contribution is -0.138. The minimum Gasteiger partial charge on any atom is -0.480 e. The van der Waals surface area contributed by atoms with Crippen molar-refractivity contribution in [3.8, 4) is 0 Å². The predicted molar refractivity (Wildman–Crippen MR) is 66.9 cm³/mol. The number of halogens is 2. The third-order valence-electron chi connectivity index (χ3n) is 2.10. The molecule has 1 aromatic heterocycles. The first-order valence-corrected chi connectivity index (χ1v) is 5.54. The highest BCUT2D eigenvalue weighted by molar-refractivity contribution is 6.29. The van der Waals surface area contributed by atoms with Gasteiger partial charge in [-0.3, -0.25) is 9.59 Å². The molecule has 1 amide bonds. The molecule has 102 valence electrons. The molecule has 1 aromatic rings. The van der Waals surface area contributed by atoms with Crippen molar-refractivity contribution in [3.05, 3.63) is 34.9 Å². The summed E-state index contributed by atoms with van der Waals surface area (Å²) in [5.74, 6) is -2.56. The zero-order chi connectivity index (χ0) is 14.4. The third-order valence-corrected chi connectivity index (χ3v) is 2.37. The number of aliphatic carboxylic acids is 1. The van der Waals surface area contributed by atoms with E-state index < -0.39 is 23.7 Å². The van der Waals surface area contributed by atoms with Crippen LogP contribution in [0.3, 0.4) is 0 Å². The van der Waals surface area contributed by atoms with E-state index in [0.717, 1.165) is 6.08 Å². The molecule has 4 N–H and O–H groups in total. The van der Waals surface area contributed by atoms with Crippen LogP contribution in [-0.4, -0.2) is 34.6 Å². The summed E-state index contributed by atoms with van der Waals surface area (Å²) in [6.45, 7) is -0.224. The van der Waals surface area contributed by atoms with Gasteiger partial charge in [-0.25, -0.2) is 9.37 Å². The highest BCUT2D eigenvalue weighted by Crippen LogP contribution is 2.15. The van der Waals surface area contributed by atoms with Gasteiger partial charge >= 0.3 is 5.97 Å². The lowest BCUT2D eigenvalue weighted by Crippen LogP contribution is -2.41. The van der Waals surface area contributed by atoms with Gasteiger partial charge < -0.3 is 16.2 Å². The molecule has 0 unspecified atom stereocenters. The van der Waals surface area contributed by atoms with Crippen LogP contribution in [0.5, 0.6) is 0 Å². The van der Waals surface area contributed by atoms with E-state index in [0.29, 0.717) is 0 Å². The van der Waals surface area contributed by atoms with Gasteiger partial charge in [-0.05, 0) is 12.1 Å². The van der Waals surface area contributed by atoms with E-state index in [-0.39, 0.29) is 17.3 Å². The Balaban J connectivity index is 2.59. The third kappa shape index (κ3) is 4.65. The Morgan fingerprint density at radius 1 is 1.63 bits per heavy atom. The smallest absolute Gasteiger partial charge is 0.322 e. The Labute approximate surface area is 113 Å². The second-order valence-electron chi connectivity index (χ2n) is 3.53. The van der Waals surface area contributed by atoms with Gasteiger partial charge in [0.25, 0.3) is 0 Å². The summed E-state index contributed by atoms with van der Waals surface area (Å²) in [5, 5.41) is 10.5. The number of carbonyl (C=O) groups excluding carboxylic acids is 1. The molecular formula is C11H11ClFN3O3. The summed E-state index contributed by atoms with van der Waals surface area (Å²) < 4.78 is 13.4. The molecule has 1 heterocycles. The fourth-order valence-electron chi connectivity index (χ4n) is 1.08. The lowest BCUT2D eigenvalue weighted by atomic mass is 10.2. The van der Waals surface area contributed by atoms with Gasteiger partial charge in [-0.2, -0.15) is 0 Å².